The summed E-state index contributed by atoms with van der Waals surface area (Å²) in [6.07, 6.45) is -0.764. The average Bonchev–Trinajstić information content (AvgIpc) is 2.47. The fourth-order valence-electron chi connectivity index (χ4n) is 1.63. The predicted octanol–water partition coefficient (Wildman–Crippen LogP) is 3.80. The summed E-state index contributed by atoms with van der Waals surface area (Å²) in [5.74, 6) is 0.890. The normalized spacial score (nSPS) is 10.1. The number of hydrogen-bond donors (Lipinski definition) is 0. The van der Waals surface area contributed by atoms with Gasteiger partial charge in [-0.15, -0.1) is 0 Å². The molecule has 0 fully saturated rings. The van der Waals surface area contributed by atoms with Gasteiger partial charge in [0.2, 0.25) is 0 Å². The number of carbonyl (C=O) groups excluding carboxylic acids is 1. The minimum atomic E-state index is -0.764. The molecule has 0 radical (unpaired) electrons. The van der Waals surface area contributed by atoms with E-state index in [4.69, 9.17) is 14.2 Å². The zero-order valence-electron chi connectivity index (χ0n) is 11.2. The standard InChI is InChI=1S/C16H16O4/c1-2-18-12-13-8-6-7-11-15(13)20-16(17)19-14-9-4-3-5-10-14/h3-11H,2,12H2,1H3. The highest BCUT2D eigenvalue weighted by Gasteiger charge is 2.11. The largest absolute Gasteiger partial charge is 0.519 e. The van der Waals surface area contributed by atoms with Gasteiger partial charge in [0.25, 0.3) is 0 Å². The molecule has 0 saturated heterocycles. The Morgan fingerprint density at radius 3 is 2.40 bits per heavy atom. The smallest absolute Gasteiger partial charge is 0.395 e. The van der Waals surface area contributed by atoms with Gasteiger partial charge in [-0.05, 0) is 25.1 Å². The van der Waals surface area contributed by atoms with Crippen molar-refractivity contribution in [3.05, 3.63) is 60.2 Å². The topological polar surface area (TPSA) is 44.8 Å². The Balaban J connectivity index is 2.00. The second-order valence-corrected chi connectivity index (χ2v) is 4.01. The van der Waals surface area contributed by atoms with E-state index in [2.05, 4.69) is 0 Å². The molecule has 0 aliphatic carbocycles. The van der Waals surface area contributed by atoms with Gasteiger partial charge in [0, 0.05) is 12.2 Å². The summed E-state index contributed by atoms with van der Waals surface area (Å²) in [6.45, 7) is 2.90. The molecular formula is C16H16O4. The molecular weight excluding hydrogens is 256 g/mol. The molecule has 20 heavy (non-hydrogen) atoms. The van der Waals surface area contributed by atoms with Gasteiger partial charge in [0.1, 0.15) is 11.5 Å². The number of carbonyl (C=O) groups is 1. The Labute approximate surface area is 117 Å². The molecule has 2 rings (SSSR count). The first-order chi connectivity index (χ1) is 9.79. The first kappa shape index (κ1) is 14.1. The maximum atomic E-state index is 11.7. The van der Waals surface area contributed by atoms with Crippen molar-refractivity contribution in [2.75, 3.05) is 6.61 Å². The summed E-state index contributed by atoms with van der Waals surface area (Å²) in [5, 5.41) is 0. The van der Waals surface area contributed by atoms with Crippen LogP contribution in [0.4, 0.5) is 4.79 Å². The molecule has 0 heterocycles. The van der Waals surface area contributed by atoms with Crippen LogP contribution in [0.2, 0.25) is 0 Å². The number of hydrogen-bond acceptors (Lipinski definition) is 4. The van der Waals surface area contributed by atoms with Crippen LogP contribution < -0.4 is 9.47 Å². The van der Waals surface area contributed by atoms with Crippen LogP contribution in [0, 0.1) is 0 Å². The summed E-state index contributed by atoms with van der Waals surface area (Å²) < 4.78 is 15.6. The molecule has 0 amide bonds. The monoisotopic (exact) mass is 272 g/mol. The average molecular weight is 272 g/mol. The summed E-state index contributed by atoms with van der Waals surface area (Å²) in [7, 11) is 0. The van der Waals surface area contributed by atoms with E-state index in [1.165, 1.54) is 0 Å². The van der Waals surface area contributed by atoms with Crippen molar-refractivity contribution >= 4 is 6.16 Å². The number of benzene rings is 2. The van der Waals surface area contributed by atoms with Crippen molar-refractivity contribution in [1.82, 2.24) is 0 Å². The fourth-order valence-corrected chi connectivity index (χ4v) is 1.63. The Morgan fingerprint density at radius 2 is 1.65 bits per heavy atom. The Hall–Kier alpha value is -2.33. The van der Waals surface area contributed by atoms with E-state index in [9.17, 15) is 4.79 Å². The van der Waals surface area contributed by atoms with E-state index >= 15 is 0 Å². The first-order valence-electron chi connectivity index (χ1n) is 6.40. The first-order valence-corrected chi connectivity index (χ1v) is 6.40. The highest BCUT2D eigenvalue weighted by atomic mass is 16.7. The lowest BCUT2D eigenvalue weighted by molar-refractivity contribution is 0.128. The van der Waals surface area contributed by atoms with E-state index in [1.54, 1.807) is 36.4 Å². The second kappa shape index (κ2) is 7.31. The van der Waals surface area contributed by atoms with Gasteiger partial charge < -0.3 is 14.2 Å². The number of para-hydroxylation sites is 2. The molecule has 4 heteroatoms. The Morgan fingerprint density at radius 1 is 0.950 bits per heavy atom. The third-order valence-electron chi connectivity index (χ3n) is 2.57. The van der Waals surface area contributed by atoms with E-state index in [0.717, 1.165) is 5.56 Å². The number of ether oxygens (including phenoxy) is 3. The third kappa shape index (κ3) is 4.10. The molecule has 4 nitrogen and oxygen atoms in total. The molecule has 0 spiro atoms. The van der Waals surface area contributed by atoms with E-state index in [-0.39, 0.29) is 0 Å². The molecule has 2 aromatic carbocycles. The fraction of sp³-hybridized carbons (Fsp3) is 0.188. The summed E-state index contributed by atoms with van der Waals surface area (Å²) in [4.78, 5) is 11.7. The minimum absolute atomic E-state index is 0.394. The molecule has 0 aliphatic rings. The van der Waals surface area contributed by atoms with Crippen molar-refractivity contribution < 1.29 is 19.0 Å². The van der Waals surface area contributed by atoms with Gasteiger partial charge in [-0.3, -0.25) is 0 Å². The lowest BCUT2D eigenvalue weighted by Crippen LogP contribution is -2.14. The summed E-state index contributed by atoms with van der Waals surface area (Å²) in [5.41, 5.74) is 0.805. The molecule has 0 aromatic heterocycles. The molecule has 104 valence electrons. The van der Waals surface area contributed by atoms with Crippen LogP contribution in [0.25, 0.3) is 0 Å². The van der Waals surface area contributed by atoms with Crippen molar-refractivity contribution in [1.29, 1.82) is 0 Å². The van der Waals surface area contributed by atoms with Crippen LogP contribution in [0.3, 0.4) is 0 Å². The Bertz CT molecular complexity index is 551. The van der Waals surface area contributed by atoms with Crippen molar-refractivity contribution in [3.63, 3.8) is 0 Å². The molecule has 0 saturated carbocycles. The molecule has 0 atom stereocenters. The maximum Gasteiger partial charge on any atom is 0.519 e. The highest BCUT2D eigenvalue weighted by Crippen LogP contribution is 2.20. The van der Waals surface area contributed by atoms with Crippen molar-refractivity contribution in [2.24, 2.45) is 0 Å². The highest BCUT2D eigenvalue weighted by molar-refractivity contribution is 5.67. The van der Waals surface area contributed by atoms with Crippen LogP contribution in [0.1, 0.15) is 12.5 Å². The van der Waals surface area contributed by atoms with Gasteiger partial charge in [-0.1, -0.05) is 36.4 Å². The van der Waals surface area contributed by atoms with Crippen LogP contribution in [-0.4, -0.2) is 12.8 Å². The molecule has 0 aliphatic heterocycles. The van der Waals surface area contributed by atoms with E-state index in [0.29, 0.717) is 24.7 Å². The lowest BCUT2D eigenvalue weighted by Gasteiger charge is -2.10. The summed E-state index contributed by atoms with van der Waals surface area (Å²) in [6, 6.07) is 16.0. The van der Waals surface area contributed by atoms with Gasteiger partial charge in [-0.2, -0.15) is 0 Å². The van der Waals surface area contributed by atoms with Gasteiger partial charge in [0.05, 0.1) is 6.61 Å². The predicted molar refractivity (Wildman–Crippen MR) is 74.9 cm³/mol. The van der Waals surface area contributed by atoms with Crippen molar-refractivity contribution in [3.8, 4) is 11.5 Å². The van der Waals surface area contributed by atoms with Crippen LogP contribution in [0.5, 0.6) is 11.5 Å². The minimum Gasteiger partial charge on any atom is -0.395 e. The maximum absolute atomic E-state index is 11.7. The Kier molecular flexibility index (Phi) is 5.15. The van der Waals surface area contributed by atoms with Gasteiger partial charge >= 0.3 is 6.16 Å². The van der Waals surface area contributed by atoms with Crippen LogP contribution in [0.15, 0.2) is 54.6 Å². The van der Waals surface area contributed by atoms with Crippen LogP contribution in [-0.2, 0) is 11.3 Å². The number of rotatable bonds is 5. The second-order valence-electron chi connectivity index (χ2n) is 4.01. The lowest BCUT2D eigenvalue weighted by atomic mass is 10.2. The third-order valence-corrected chi connectivity index (χ3v) is 2.57. The van der Waals surface area contributed by atoms with Crippen molar-refractivity contribution in [2.45, 2.75) is 13.5 Å². The van der Waals surface area contributed by atoms with Gasteiger partial charge in [-0.25, -0.2) is 4.79 Å². The zero-order valence-corrected chi connectivity index (χ0v) is 11.2. The zero-order chi connectivity index (χ0) is 14.2. The van der Waals surface area contributed by atoms with E-state index < -0.39 is 6.16 Å². The molecule has 0 N–H and O–H groups in total. The van der Waals surface area contributed by atoms with E-state index in [1.807, 2.05) is 25.1 Å². The molecule has 2 aromatic rings. The van der Waals surface area contributed by atoms with Crippen LogP contribution >= 0.6 is 0 Å². The SMILES string of the molecule is CCOCc1ccccc1OC(=O)Oc1ccccc1. The molecule has 0 unspecified atom stereocenters. The molecule has 0 bridgehead atoms. The quantitative estimate of drug-likeness (QED) is 0.613. The summed E-state index contributed by atoms with van der Waals surface area (Å²) >= 11 is 0. The van der Waals surface area contributed by atoms with Gasteiger partial charge in [0.15, 0.2) is 0 Å².